The second kappa shape index (κ2) is 8.05. The van der Waals surface area contributed by atoms with Crippen LogP contribution in [0, 0.1) is 10.1 Å². The number of hydrogen-bond acceptors (Lipinski definition) is 4. The van der Waals surface area contributed by atoms with Crippen LogP contribution in [-0.4, -0.2) is 17.0 Å². The molecule has 2 aromatic rings. The highest BCUT2D eigenvalue weighted by Gasteiger charge is 2.08. The minimum Gasteiger partial charge on any atom is -0.273 e. The topological polar surface area (TPSA) is 84.6 Å². The van der Waals surface area contributed by atoms with Crippen LogP contribution in [0.4, 0.5) is 5.69 Å². The Kier molecular flexibility index (Phi) is 5.82. The number of amides is 1. The van der Waals surface area contributed by atoms with Gasteiger partial charge in [-0.15, -0.1) is 0 Å². The van der Waals surface area contributed by atoms with Crippen LogP contribution in [-0.2, 0) is 11.2 Å². The Hall–Kier alpha value is -2.73. The van der Waals surface area contributed by atoms with E-state index >= 15 is 0 Å². The highest BCUT2D eigenvalue weighted by molar-refractivity contribution is 6.33. The number of nitrogens with zero attached hydrogens (tertiary/aromatic N) is 2. The summed E-state index contributed by atoms with van der Waals surface area (Å²) >= 11 is 5.93. The summed E-state index contributed by atoms with van der Waals surface area (Å²) in [6, 6.07) is 13.6. The van der Waals surface area contributed by atoms with Crippen molar-refractivity contribution in [3.63, 3.8) is 0 Å². The lowest BCUT2D eigenvalue weighted by Crippen LogP contribution is -2.17. The summed E-state index contributed by atoms with van der Waals surface area (Å²) in [5, 5.41) is 14.8. The number of hydrogen-bond donors (Lipinski definition) is 1. The first-order chi connectivity index (χ1) is 11.1. The van der Waals surface area contributed by atoms with Crippen molar-refractivity contribution in [1.29, 1.82) is 0 Å². The zero-order chi connectivity index (χ0) is 16.7. The van der Waals surface area contributed by atoms with Crippen LogP contribution in [0.1, 0.15) is 17.5 Å². The van der Waals surface area contributed by atoms with Gasteiger partial charge < -0.3 is 0 Å². The third kappa shape index (κ3) is 5.19. The van der Waals surface area contributed by atoms with Crippen molar-refractivity contribution in [2.45, 2.75) is 12.8 Å². The molecule has 0 radical (unpaired) electrons. The number of halogens is 1. The van der Waals surface area contributed by atoms with Gasteiger partial charge in [-0.1, -0.05) is 41.9 Å². The normalized spacial score (nSPS) is 10.7. The van der Waals surface area contributed by atoms with Crippen molar-refractivity contribution in [1.82, 2.24) is 5.43 Å². The van der Waals surface area contributed by atoms with Gasteiger partial charge >= 0.3 is 0 Å². The van der Waals surface area contributed by atoms with Gasteiger partial charge in [-0.3, -0.25) is 14.9 Å². The molecule has 0 aliphatic carbocycles. The Bertz CT molecular complexity index is 733. The average Bonchev–Trinajstić information content (AvgIpc) is 2.55. The lowest BCUT2D eigenvalue weighted by Gasteiger charge is -2.01. The monoisotopic (exact) mass is 331 g/mol. The summed E-state index contributed by atoms with van der Waals surface area (Å²) in [5.41, 5.74) is 3.72. The van der Waals surface area contributed by atoms with Crippen LogP contribution in [0.2, 0.25) is 5.02 Å². The first-order valence-corrected chi connectivity index (χ1v) is 7.24. The highest BCUT2D eigenvalue weighted by atomic mass is 35.5. The molecule has 7 heteroatoms. The second-order valence-corrected chi connectivity index (χ2v) is 5.15. The van der Waals surface area contributed by atoms with Crippen LogP contribution in [0.15, 0.2) is 53.6 Å². The number of nitrogens with one attached hydrogen (secondary N) is 1. The first kappa shape index (κ1) is 16.6. The van der Waals surface area contributed by atoms with E-state index in [1.54, 1.807) is 0 Å². The number of carbonyl (C=O) groups excluding carboxylic acids is 1. The lowest BCUT2D eigenvalue weighted by atomic mass is 10.1. The standard InChI is InChI=1S/C16H14ClN3O3/c17-15-8-7-14(20(22)23)10-13(15)11-18-19-16(21)9-6-12-4-2-1-3-5-12/h1-5,7-8,10-11H,6,9H2,(H,19,21)/b18-11+. The zero-order valence-electron chi connectivity index (χ0n) is 12.1. The average molecular weight is 332 g/mol. The molecule has 2 aromatic carbocycles. The van der Waals surface area contributed by atoms with Crippen molar-refractivity contribution >= 4 is 29.4 Å². The molecule has 0 saturated heterocycles. The van der Waals surface area contributed by atoms with E-state index in [1.807, 2.05) is 30.3 Å². The number of non-ortho nitro benzene ring substituents is 1. The molecule has 0 saturated carbocycles. The molecule has 0 fully saturated rings. The van der Waals surface area contributed by atoms with Gasteiger partial charge in [0, 0.05) is 29.1 Å². The van der Waals surface area contributed by atoms with E-state index in [0.717, 1.165) is 5.56 Å². The van der Waals surface area contributed by atoms with Crippen LogP contribution in [0.3, 0.4) is 0 Å². The Morgan fingerprint density at radius 3 is 2.70 bits per heavy atom. The summed E-state index contributed by atoms with van der Waals surface area (Å²) in [7, 11) is 0. The molecule has 0 aliphatic heterocycles. The minimum absolute atomic E-state index is 0.0914. The summed E-state index contributed by atoms with van der Waals surface area (Å²) < 4.78 is 0. The van der Waals surface area contributed by atoms with E-state index in [-0.39, 0.29) is 11.6 Å². The van der Waals surface area contributed by atoms with Crippen molar-refractivity contribution in [3.05, 3.63) is 74.8 Å². The molecule has 0 spiro atoms. The summed E-state index contributed by atoms with van der Waals surface area (Å²) in [6.45, 7) is 0. The largest absolute Gasteiger partial charge is 0.273 e. The molecule has 2 rings (SSSR count). The number of nitro groups is 1. The maximum absolute atomic E-state index is 11.7. The molecule has 6 nitrogen and oxygen atoms in total. The van der Waals surface area contributed by atoms with E-state index in [1.165, 1.54) is 24.4 Å². The van der Waals surface area contributed by atoms with Gasteiger partial charge in [0.05, 0.1) is 11.1 Å². The molecule has 1 N–H and O–H groups in total. The highest BCUT2D eigenvalue weighted by Crippen LogP contribution is 2.20. The van der Waals surface area contributed by atoms with Gasteiger partial charge in [-0.05, 0) is 18.1 Å². The maximum Gasteiger partial charge on any atom is 0.270 e. The van der Waals surface area contributed by atoms with Gasteiger partial charge in [0.25, 0.3) is 5.69 Å². The maximum atomic E-state index is 11.7. The summed E-state index contributed by atoms with van der Waals surface area (Å²) in [4.78, 5) is 21.9. The predicted molar refractivity (Wildman–Crippen MR) is 88.6 cm³/mol. The van der Waals surface area contributed by atoms with Crippen LogP contribution >= 0.6 is 11.6 Å². The number of rotatable bonds is 6. The molecule has 0 bridgehead atoms. The Labute approximate surface area is 137 Å². The third-order valence-corrected chi connectivity index (χ3v) is 3.41. The molecule has 0 aromatic heterocycles. The molecule has 1 amide bonds. The fourth-order valence-corrected chi connectivity index (χ4v) is 2.04. The van der Waals surface area contributed by atoms with Gasteiger partial charge in [-0.2, -0.15) is 5.10 Å². The molecule has 23 heavy (non-hydrogen) atoms. The van der Waals surface area contributed by atoms with E-state index in [9.17, 15) is 14.9 Å². The lowest BCUT2D eigenvalue weighted by molar-refractivity contribution is -0.384. The van der Waals surface area contributed by atoms with E-state index in [4.69, 9.17) is 11.6 Å². The first-order valence-electron chi connectivity index (χ1n) is 6.86. The molecule has 0 unspecified atom stereocenters. The van der Waals surface area contributed by atoms with Crippen LogP contribution in [0.25, 0.3) is 0 Å². The summed E-state index contributed by atoms with van der Waals surface area (Å²) in [6.07, 6.45) is 2.19. The SMILES string of the molecule is O=C(CCc1ccccc1)N/N=C/c1cc([N+](=O)[O-])ccc1Cl. The van der Waals surface area contributed by atoms with Gasteiger partial charge in [0.2, 0.25) is 5.91 Å². The van der Waals surface area contributed by atoms with Crippen molar-refractivity contribution in [2.75, 3.05) is 0 Å². The Balaban J connectivity index is 1.90. The van der Waals surface area contributed by atoms with Gasteiger partial charge in [-0.25, -0.2) is 5.43 Å². The predicted octanol–water partition coefficient (Wildman–Crippen LogP) is 3.33. The number of nitro benzene ring substituents is 1. The smallest absolute Gasteiger partial charge is 0.270 e. The number of benzene rings is 2. The summed E-state index contributed by atoms with van der Waals surface area (Å²) in [5.74, 6) is -0.244. The molecule has 0 atom stereocenters. The fraction of sp³-hybridized carbons (Fsp3) is 0.125. The number of carbonyl (C=O) groups is 1. The minimum atomic E-state index is -0.522. The molecular weight excluding hydrogens is 318 g/mol. The molecule has 118 valence electrons. The Morgan fingerprint density at radius 1 is 1.26 bits per heavy atom. The molecule has 0 heterocycles. The fourth-order valence-electron chi connectivity index (χ4n) is 1.88. The van der Waals surface area contributed by atoms with Crippen molar-refractivity contribution in [3.8, 4) is 0 Å². The molecule has 0 aliphatic rings. The number of hydrazone groups is 1. The van der Waals surface area contributed by atoms with E-state index in [0.29, 0.717) is 23.4 Å². The second-order valence-electron chi connectivity index (χ2n) is 4.74. The van der Waals surface area contributed by atoms with Crippen LogP contribution in [0.5, 0.6) is 0 Å². The molecular formula is C16H14ClN3O3. The van der Waals surface area contributed by atoms with Crippen molar-refractivity contribution in [2.24, 2.45) is 5.10 Å². The van der Waals surface area contributed by atoms with Crippen LogP contribution < -0.4 is 5.43 Å². The zero-order valence-corrected chi connectivity index (χ0v) is 12.9. The quantitative estimate of drug-likeness (QED) is 0.500. The van der Waals surface area contributed by atoms with Gasteiger partial charge in [0.1, 0.15) is 0 Å². The Morgan fingerprint density at radius 2 is 2.00 bits per heavy atom. The van der Waals surface area contributed by atoms with E-state index in [2.05, 4.69) is 10.5 Å². The van der Waals surface area contributed by atoms with Gasteiger partial charge in [0.15, 0.2) is 0 Å². The number of aryl methyl sites for hydroxylation is 1. The third-order valence-electron chi connectivity index (χ3n) is 3.07. The van der Waals surface area contributed by atoms with E-state index < -0.39 is 4.92 Å². The van der Waals surface area contributed by atoms with Crippen molar-refractivity contribution < 1.29 is 9.72 Å².